The third-order valence-corrected chi connectivity index (χ3v) is 8.89. The highest BCUT2D eigenvalue weighted by molar-refractivity contribution is 6.16. The SMILES string of the molecule is [2H]c1c([2H])c([2H])c(-c2cccc3c2c2c([2H])c([2H])c([2H])c([2H])c2n3-c2ccc(-c3nc(-c4ccccc4)nc(-c4cccc5oc6ccccc6c45)n3)cc2)c([2H])c1[2H]. The van der Waals surface area contributed by atoms with Crippen LogP contribution in [0.2, 0.25) is 0 Å². The van der Waals surface area contributed by atoms with Gasteiger partial charge in [-0.3, -0.25) is 0 Å². The second kappa shape index (κ2) is 11.4. The molecule has 0 N–H and O–H groups in total. The van der Waals surface area contributed by atoms with E-state index in [-0.39, 0.29) is 34.1 Å². The summed E-state index contributed by atoms with van der Waals surface area (Å²) in [6.45, 7) is 0. The lowest BCUT2D eigenvalue weighted by molar-refractivity contribution is 0.669. The maximum Gasteiger partial charge on any atom is 0.164 e. The van der Waals surface area contributed by atoms with Gasteiger partial charge in [0, 0.05) is 43.9 Å². The highest BCUT2D eigenvalue weighted by atomic mass is 16.3. The van der Waals surface area contributed by atoms with E-state index in [9.17, 15) is 0 Å². The summed E-state index contributed by atoms with van der Waals surface area (Å²) in [6.07, 6.45) is 0. The molecule has 0 aliphatic carbocycles. The zero-order valence-corrected chi connectivity index (χ0v) is 26.2. The maximum absolute atomic E-state index is 9.08. The molecule has 0 saturated heterocycles. The monoisotopic (exact) mass is 649 g/mol. The van der Waals surface area contributed by atoms with Gasteiger partial charge in [0.15, 0.2) is 17.5 Å². The third kappa shape index (κ3) is 4.52. The number of hydrogen-bond donors (Lipinski definition) is 0. The highest BCUT2D eigenvalue weighted by Crippen LogP contribution is 2.39. The number of fused-ring (bicyclic) bond motifs is 6. The van der Waals surface area contributed by atoms with E-state index in [1.54, 1.807) is 22.8 Å². The van der Waals surface area contributed by atoms with Crippen LogP contribution in [0.15, 0.2) is 174 Å². The number of rotatable bonds is 5. The third-order valence-electron chi connectivity index (χ3n) is 8.89. The highest BCUT2D eigenvalue weighted by Gasteiger charge is 2.19. The summed E-state index contributed by atoms with van der Waals surface area (Å²) in [5, 5.41) is 2.30. The van der Waals surface area contributed by atoms with Gasteiger partial charge in [-0.25, -0.2) is 15.0 Å². The van der Waals surface area contributed by atoms with Crippen LogP contribution in [0.3, 0.4) is 0 Å². The molecule has 0 saturated carbocycles. The summed E-state index contributed by atoms with van der Waals surface area (Å²) >= 11 is 0. The molecule has 5 heteroatoms. The van der Waals surface area contributed by atoms with E-state index in [0.717, 1.165) is 27.5 Å². The van der Waals surface area contributed by atoms with E-state index in [1.807, 2.05) is 97.1 Å². The molecule has 0 aliphatic rings. The number of hydrogen-bond acceptors (Lipinski definition) is 4. The van der Waals surface area contributed by atoms with Gasteiger partial charge in [-0.1, -0.05) is 121 Å². The van der Waals surface area contributed by atoms with Crippen molar-refractivity contribution in [1.82, 2.24) is 19.5 Å². The Morgan fingerprint density at radius 1 is 0.440 bits per heavy atom. The van der Waals surface area contributed by atoms with Crippen molar-refractivity contribution in [3.8, 4) is 51.0 Å². The van der Waals surface area contributed by atoms with Crippen molar-refractivity contribution in [3.05, 3.63) is 170 Å². The second-order valence-electron chi connectivity index (χ2n) is 11.8. The van der Waals surface area contributed by atoms with Crippen LogP contribution in [0.5, 0.6) is 0 Å². The van der Waals surface area contributed by atoms with E-state index < -0.39 is 42.3 Å². The average molecular weight is 650 g/mol. The van der Waals surface area contributed by atoms with Crippen LogP contribution in [-0.2, 0) is 0 Å². The lowest BCUT2D eigenvalue weighted by atomic mass is 9.99. The molecule has 5 nitrogen and oxygen atoms in total. The summed E-state index contributed by atoms with van der Waals surface area (Å²) in [4.78, 5) is 14.9. The Kier molecular flexibility index (Phi) is 4.67. The smallest absolute Gasteiger partial charge is 0.164 e. The number of para-hydroxylation sites is 2. The second-order valence-corrected chi connectivity index (χ2v) is 11.8. The summed E-state index contributed by atoms with van der Waals surface area (Å²) in [5.74, 6) is 1.32. The molecule has 0 atom stereocenters. The molecule has 10 rings (SSSR count). The summed E-state index contributed by atoms with van der Waals surface area (Å²) in [5.41, 5.74) is 5.04. The lowest BCUT2D eigenvalue weighted by Gasteiger charge is -2.11. The van der Waals surface area contributed by atoms with Crippen LogP contribution in [0, 0.1) is 0 Å². The van der Waals surface area contributed by atoms with Crippen LogP contribution < -0.4 is 0 Å². The fraction of sp³-hybridized carbons (Fsp3) is 0. The predicted octanol–water partition coefficient (Wildman–Crippen LogP) is 11.5. The molecule has 0 radical (unpaired) electrons. The minimum Gasteiger partial charge on any atom is -0.456 e. The molecule has 0 bridgehead atoms. The van der Waals surface area contributed by atoms with Crippen LogP contribution >= 0.6 is 0 Å². The Morgan fingerprint density at radius 3 is 1.94 bits per heavy atom. The minimum atomic E-state index is -0.534. The molecular weight excluding hydrogens is 613 g/mol. The molecule has 0 aliphatic heterocycles. The van der Waals surface area contributed by atoms with Gasteiger partial charge in [0.05, 0.1) is 23.4 Å². The first-order valence-corrected chi connectivity index (χ1v) is 16.0. The van der Waals surface area contributed by atoms with Gasteiger partial charge in [-0.2, -0.15) is 0 Å². The van der Waals surface area contributed by atoms with Gasteiger partial charge in [-0.15, -0.1) is 0 Å². The Hall–Kier alpha value is -6.85. The topological polar surface area (TPSA) is 56.7 Å². The molecule has 3 heterocycles. The fourth-order valence-corrected chi connectivity index (χ4v) is 6.69. The molecule has 0 spiro atoms. The molecular formula is C45H28N4O. The van der Waals surface area contributed by atoms with Gasteiger partial charge in [-0.05, 0) is 59.6 Å². The standard InChI is InChI=1S/C45H28N4O/c1-3-13-29(14-4-1)33-19-11-22-38-41(33)34-17-7-9-21-37(34)49(38)32-27-25-31(26-28-32)44-46-43(30-15-5-2-6-16-30)47-45(48-44)36-20-12-24-40-42(36)35-18-8-10-23-39(35)50-40/h1-28H/i1D,3D,4D,7D,9D,13D,14D,17D,21D. The summed E-state index contributed by atoms with van der Waals surface area (Å²) in [7, 11) is 0. The van der Waals surface area contributed by atoms with Gasteiger partial charge in [0.1, 0.15) is 11.2 Å². The van der Waals surface area contributed by atoms with Crippen LogP contribution in [0.1, 0.15) is 12.3 Å². The fourth-order valence-electron chi connectivity index (χ4n) is 6.69. The molecule has 10 aromatic rings. The van der Waals surface area contributed by atoms with Crippen molar-refractivity contribution in [3.63, 3.8) is 0 Å². The minimum absolute atomic E-state index is 0.0672. The van der Waals surface area contributed by atoms with Gasteiger partial charge >= 0.3 is 0 Å². The van der Waals surface area contributed by atoms with E-state index in [4.69, 9.17) is 31.7 Å². The summed E-state index contributed by atoms with van der Waals surface area (Å²) in [6, 6.07) is 31.7. The first-order valence-electron chi connectivity index (χ1n) is 20.5. The van der Waals surface area contributed by atoms with Gasteiger partial charge in [0.25, 0.3) is 0 Å². The maximum atomic E-state index is 9.08. The van der Waals surface area contributed by atoms with Crippen LogP contribution in [0.25, 0.3) is 94.7 Å². The van der Waals surface area contributed by atoms with E-state index >= 15 is 0 Å². The Morgan fingerprint density at radius 2 is 1.10 bits per heavy atom. The largest absolute Gasteiger partial charge is 0.456 e. The van der Waals surface area contributed by atoms with E-state index in [2.05, 4.69) is 0 Å². The predicted molar refractivity (Wildman–Crippen MR) is 203 cm³/mol. The zero-order chi connectivity index (χ0) is 40.9. The normalized spacial score (nSPS) is 14.1. The van der Waals surface area contributed by atoms with Crippen molar-refractivity contribution in [1.29, 1.82) is 0 Å². The van der Waals surface area contributed by atoms with Crippen molar-refractivity contribution in [2.45, 2.75) is 0 Å². The van der Waals surface area contributed by atoms with Gasteiger partial charge < -0.3 is 8.98 Å². The Balaban J connectivity index is 1.19. The number of furan rings is 1. The van der Waals surface area contributed by atoms with E-state index in [1.165, 1.54) is 0 Å². The average Bonchev–Trinajstić information content (AvgIpc) is 3.83. The molecule has 234 valence electrons. The lowest BCUT2D eigenvalue weighted by Crippen LogP contribution is -2.01. The van der Waals surface area contributed by atoms with E-state index in [0.29, 0.717) is 45.2 Å². The number of benzene rings is 7. The van der Waals surface area contributed by atoms with Gasteiger partial charge in [0.2, 0.25) is 0 Å². The molecule has 50 heavy (non-hydrogen) atoms. The van der Waals surface area contributed by atoms with Crippen molar-refractivity contribution < 1.29 is 16.8 Å². The first kappa shape index (κ1) is 20.5. The number of nitrogens with zero attached hydrogens (tertiary/aromatic N) is 4. The van der Waals surface area contributed by atoms with Crippen LogP contribution in [0.4, 0.5) is 0 Å². The molecule has 0 amide bonds. The van der Waals surface area contributed by atoms with Crippen molar-refractivity contribution in [2.75, 3.05) is 0 Å². The molecule has 0 fully saturated rings. The zero-order valence-electron chi connectivity index (χ0n) is 35.2. The van der Waals surface area contributed by atoms with Crippen LogP contribution in [-0.4, -0.2) is 19.5 Å². The van der Waals surface area contributed by atoms with Crippen molar-refractivity contribution >= 4 is 43.7 Å². The van der Waals surface area contributed by atoms with Crippen molar-refractivity contribution in [2.24, 2.45) is 0 Å². The Bertz CT molecular complexity index is 3350. The Labute approximate surface area is 300 Å². The quantitative estimate of drug-likeness (QED) is 0.186. The summed E-state index contributed by atoms with van der Waals surface area (Å²) < 4.78 is 85.6. The number of aromatic nitrogens is 4. The first-order chi connectivity index (χ1) is 28.5. The molecule has 0 unspecified atom stereocenters. The molecule has 3 aromatic heterocycles. The molecule has 7 aromatic carbocycles.